The van der Waals surface area contributed by atoms with E-state index in [-0.39, 0.29) is 0 Å². The Hall–Kier alpha value is -0.125. The molecule has 0 atom stereocenters. The van der Waals surface area contributed by atoms with Crippen molar-refractivity contribution in [2.75, 3.05) is 19.8 Å². The minimum Gasteiger partial charge on any atom is -0.441 e. The summed E-state index contributed by atoms with van der Waals surface area (Å²) in [4.78, 5) is -0.479. The monoisotopic (exact) mass is 185 g/mol. The van der Waals surface area contributed by atoms with Crippen LogP contribution in [0.3, 0.4) is 0 Å². The predicted molar refractivity (Wildman–Crippen MR) is 44.3 cm³/mol. The van der Waals surface area contributed by atoms with Gasteiger partial charge < -0.3 is 12.9 Å². The number of nitrogens with zero attached hydrogens (tertiary/aromatic N) is 1. The number of thioether (sulfide) groups is 1. The Morgan fingerprint density at radius 1 is 1.36 bits per heavy atom. The summed E-state index contributed by atoms with van der Waals surface area (Å²) in [6, 6.07) is 0. The molecule has 0 aliphatic rings. The third-order valence-corrected chi connectivity index (χ3v) is 2.23. The van der Waals surface area contributed by atoms with Crippen molar-refractivity contribution in [1.82, 2.24) is 0 Å². The maximum absolute atomic E-state index is 12.1. The molecule has 66 valence electrons. The lowest BCUT2D eigenvalue weighted by Gasteiger charge is -2.13. The quantitative estimate of drug-likeness (QED) is 0.274. The van der Waals surface area contributed by atoms with Crippen LogP contribution in [0, 0.1) is 0 Å². The summed E-state index contributed by atoms with van der Waals surface area (Å²) >= 11 is 0.837. The van der Waals surface area contributed by atoms with Gasteiger partial charge in [-0.1, -0.05) is 18.7 Å². The average Bonchev–Trinajstić information content (AvgIpc) is 1.79. The molecule has 0 rings (SSSR count). The highest BCUT2D eigenvalue weighted by molar-refractivity contribution is 8.17. The van der Waals surface area contributed by atoms with Crippen molar-refractivity contribution in [3.05, 3.63) is 0 Å². The van der Waals surface area contributed by atoms with E-state index in [0.29, 0.717) is 5.75 Å². The zero-order chi connectivity index (χ0) is 9.07. The fraction of sp³-hybridized carbons (Fsp3) is 0.800. The molecule has 0 fully saturated rings. The van der Waals surface area contributed by atoms with Crippen molar-refractivity contribution in [1.29, 1.82) is 0 Å². The first-order chi connectivity index (χ1) is 4.89. The van der Waals surface area contributed by atoms with Crippen molar-refractivity contribution in [3.63, 3.8) is 0 Å². The molecule has 6 heteroatoms. The summed E-state index contributed by atoms with van der Waals surface area (Å²) in [6.07, 6.45) is 0. The van der Waals surface area contributed by atoms with Crippen LogP contribution in [-0.4, -0.2) is 36.3 Å². The third-order valence-electron chi connectivity index (χ3n) is 1.01. The highest BCUT2D eigenvalue weighted by atomic mass is 32.2. The van der Waals surface area contributed by atoms with Gasteiger partial charge in [0.25, 0.3) is 0 Å². The van der Waals surface area contributed by atoms with Gasteiger partial charge in [-0.15, -0.1) is 0 Å². The number of rotatable bonds is 2. The minimum atomic E-state index is -4.82. The Bertz CT molecular complexity index is 162. The van der Waals surface area contributed by atoms with Crippen LogP contribution in [0.25, 0.3) is 0 Å². The first-order valence-corrected chi connectivity index (χ1v) is 4.25. The predicted octanol–water partition coefficient (Wildman–Crippen LogP) is 1.80. The molecule has 1 nitrogen and oxygen atoms in total. The van der Waals surface area contributed by atoms with E-state index in [1.54, 1.807) is 6.92 Å². The Balaban J connectivity index is 4.50. The standard InChI is InChI=1S/C5H11BF3NS/c1-4-11-5(10(2)3)6(7,8)9/h4H2,1-3H3. The van der Waals surface area contributed by atoms with Crippen LogP contribution in [-0.2, 0) is 0 Å². The van der Waals surface area contributed by atoms with E-state index in [1.807, 2.05) is 0 Å². The SMILES string of the molecule is CCSC(=[N+](C)C)[B-](F)(F)F. The second-order valence-corrected chi connectivity index (χ2v) is 3.52. The lowest BCUT2D eigenvalue weighted by atomic mass is 9.94. The van der Waals surface area contributed by atoms with Gasteiger partial charge in [0.15, 0.2) is 4.94 Å². The van der Waals surface area contributed by atoms with E-state index in [4.69, 9.17) is 0 Å². The Morgan fingerprint density at radius 3 is 1.91 bits per heavy atom. The largest absolute Gasteiger partial charge is 0.578 e. The minimum absolute atomic E-state index is 0.453. The second-order valence-electron chi connectivity index (χ2n) is 2.24. The van der Waals surface area contributed by atoms with Gasteiger partial charge in [-0.05, 0) is 5.75 Å². The second kappa shape index (κ2) is 4.04. The molecule has 0 radical (unpaired) electrons. The Morgan fingerprint density at radius 2 is 1.82 bits per heavy atom. The molecule has 0 unspecified atom stereocenters. The molecule has 0 aromatic carbocycles. The summed E-state index contributed by atoms with van der Waals surface area (Å²) in [5.74, 6) is 0.453. The van der Waals surface area contributed by atoms with Crippen LogP contribution >= 0.6 is 11.8 Å². The van der Waals surface area contributed by atoms with Crippen LogP contribution in [0.2, 0.25) is 0 Å². The van der Waals surface area contributed by atoms with Crippen LogP contribution < -0.4 is 0 Å². The van der Waals surface area contributed by atoms with Gasteiger partial charge in [-0.25, -0.2) is 0 Å². The summed E-state index contributed by atoms with van der Waals surface area (Å²) < 4.78 is 37.5. The van der Waals surface area contributed by atoms with Crippen molar-refractivity contribution in [2.24, 2.45) is 0 Å². The Labute approximate surface area is 68.7 Å². The number of hydrogen-bond acceptors (Lipinski definition) is 1. The van der Waals surface area contributed by atoms with Crippen molar-refractivity contribution >= 4 is 23.7 Å². The molecule has 0 bridgehead atoms. The first kappa shape index (κ1) is 10.9. The highest BCUT2D eigenvalue weighted by Gasteiger charge is 2.37. The van der Waals surface area contributed by atoms with E-state index < -0.39 is 11.9 Å². The maximum atomic E-state index is 12.1. The van der Waals surface area contributed by atoms with Gasteiger partial charge in [0.05, 0.1) is 0 Å². The molecule has 0 aliphatic carbocycles. The van der Waals surface area contributed by atoms with Gasteiger partial charge in [0.1, 0.15) is 14.1 Å². The fourth-order valence-electron chi connectivity index (χ4n) is 0.664. The van der Waals surface area contributed by atoms with Gasteiger partial charge in [0.2, 0.25) is 0 Å². The van der Waals surface area contributed by atoms with Crippen LogP contribution in [0.5, 0.6) is 0 Å². The van der Waals surface area contributed by atoms with Gasteiger partial charge in [-0.2, -0.15) is 0 Å². The van der Waals surface area contributed by atoms with Crippen molar-refractivity contribution in [2.45, 2.75) is 6.92 Å². The van der Waals surface area contributed by atoms with E-state index >= 15 is 0 Å². The third kappa shape index (κ3) is 3.69. The lowest BCUT2D eigenvalue weighted by molar-refractivity contribution is -0.460. The molecular weight excluding hydrogens is 174 g/mol. The molecule has 0 aliphatic heterocycles. The van der Waals surface area contributed by atoms with E-state index in [9.17, 15) is 12.9 Å². The van der Waals surface area contributed by atoms with Crippen molar-refractivity contribution in [3.8, 4) is 0 Å². The molecule has 0 saturated heterocycles. The van der Waals surface area contributed by atoms with Crippen molar-refractivity contribution < 1.29 is 17.5 Å². The molecule has 11 heavy (non-hydrogen) atoms. The molecule has 0 amide bonds. The molecule has 0 N–H and O–H groups in total. The molecule has 0 aromatic rings. The van der Waals surface area contributed by atoms with E-state index in [0.717, 1.165) is 16.3 Å². The van der Waals surface area contributed by atoms with Gasteiger partial charge in [-0.3, -0.25) is 4.58 Å². The summed E-state index contributed by atoms with van der Waals surface area (Å²) in [6.45, 7) is -3.11. The maximum Gasteiger partial charge on any atom is 0.578 e. The zero-order valence-corrected chi connectivity index (χ0v) is 7.59. The Kier molecular flexibility index (Phi) is 3.99. The molecule has 0 aromatic heterocycles. The molecule has 0 heterocycles. The first-order valence-electron chi connectivity index (χ1n) is 3.26. The smallest absolute Gasteiger partial charge is 0.441 e. The van der Waals surface area contributed by atoms with E-state index in [1.165, 1.54) is 14.1 Å². The number of halogens is 3. The van der Waals surface area contributed by atoms with Gasteiger partial charge in [0, 0.05) is 0 Å². The number of hydrogen-bond donors (Lipinski definition) is 0. The van der Waals surface area contributed by atoms with Crippen LogP contribution in [0.1, 0.15) is 6.92 Å². The zero-order valence-electron chi connectivity index (χ0n) is 6.77. The molecule has 0 saturated carbocycles. The normalized spacial score (nSPS) is 11.5. The average molecular weight is 185 g/mol. The highest BCUT2D eigenvalue weighted by Crippen LogP contribution is 2.19. The van der Waals surface area contributed by atoms with Crippen LogP contribution in [0.15, 0.2) is 0 Å². The summed E-state index contributed by atoms with van der Waals surface area (Å²) in [7, 11) is 2.82. The fourth-order valence-corrected chi connectivity index (χ4v) is 1.41. The molecule has 0 spiro atoms. The summed E-state index contributed by atoms with van der Waals surface area (Å²) in [5, 5.41) is 0. The van der Waals surface area contributed by atoms with E-state index in [2.05, 4.69) is 0 Å². The molecular formula is C5H11BF3NS. The van der Waals surface area contributed by atoms with Crippen LogP contribution in [0.4, 0.5) is 12.9 Å². The van der Waals surface area contributed by atoms with Gasteiger partial charge >= 0.3 is 6.98 Å². The lowest BCUT2D eigenvalue weighted by Crippen LogP contribution is -2.33. The topological polar surface area (TPSA) is 3.01 Å². The summed E-state index contributed by atoms with van der Waals surface area (Å²) in [5.41, 5.74) is 0.